The van der Waals surface area contributed by atoms with Gasteiger partial charge in [-0.3, -0.25) is 14.4 Å². The maximum atomic E-state index is 14.3. The van der Waals surface area contributed by atoms with Crippen molar-refractivity contribution >= 4 is 17.5 Å². The van der Waals surface area contributed by atoms with Crippen LogP contribution in [0.15, 0.2) is 11.1 Å². The number of rotatable bonds is 0. The third-order valence-corrected chi connectivity index (χ3v) is 12.6. The second-order valence-electron chi connectivity index (χ2n) is 14.6. The van der Waals surface area contributed by atoms with Crippen LogP contribution in [0.2, 0.25) is 0 Å². The maximum Gasteiger partial charge on any atom is 0.311 e. The van der Waals surface area contributed by atoms with Crippen molar-refractivity contribution < 1.29 is 34.1 Å². The third-order valence-electron chi connectivity index (χ3n) is 12.6. The van der Waals surface area contributed by atoms with Gasteiger partial charge in [-0.2, -0.15) is 0 Å². The number of aliphatic hydroxyl groups excluding tert-OH is 2. The Hall–Kier alpha value is -1.57. The molecule has 2 saturated carbocycles. The monoisotopic (exact) mass is 514 g/mol. The lowest BCUT2D eigenvalue weighted by Crippen LogP contribution is -2.62. The van der Waals surface area contributed by atoms with Gasteiger partial charge >= 0.3 is 5.97 Å². The van der Waals surface area contributed by atoms with Crippen molar-refractivity contribution in [3.05, 3.63) is 11.1 Å². The zero-order valence-corrected chi connectivity index (χ0v) is 23.3. The highest BCUT2D eigenvalue weighted by Gasteiger charge is 2.79. The molecule has 6 aliphatic rings. The van der Waals surface area contributed by atoms with E-state index in [2.05, 4.69) is 13.8 Å². The molecule has 0 aromatic rings. The molecule has 0 bridgehead atoms. The number of ether oxygens (including phenoxy) is 2. The fraction of sp³-hybridized carbons (Fsp3) is 0.833. The topological polar surface area (TPSA) is 110 Å². The van der Waals surface area contributed by atoms with E-state index in [1.165, 1.54) is 0 Å². The van der Waals surface area contributed by atoms with Gasteiger partial charge in [0.2, 0.25) is 5.79 Å². The summed E-state index contributed by atoms with van der Waals surface area (Å²) < 4.78 is 12.7. The molecule has 0 aromatic heterocycles. The van der Waals surface area contributed by atoms with Crippen LogP contribution < -0.4 is 0 Å². The molecule has 10 atom stereocenters. The van der Waals surface area contributed by atoms with Gasteiger partial charge in [-0.15, -0.1) is 0 Å². The van der Waals surface area contributed by atoms with Crippen molar-refractivity contribution in [2.24, 2.45) is 39.4 Å². The van der Waals surface area contributed by atoms with E-state index in [9.17, 15) is 24.6 Å². The van der Waals surface area contributed by atoms with Gasteiger partial charge in [-0.25, -0.2) is 0 Å². The van der Waals surface area contributed by atoms with E-state index in [4.69, 9.17) is 9.47 Å². The molecule has 2 aliphatic heterocycles. The van der Waals surface area contributed by atoms with Gasteiger partial charge in [0.15, 0.2) is 11.6 Å². The van der Waals surface area contributed by atoms with Crippen molar-refractivity contribution in [1.82, 2.24) is 0 Å². The summed E-state index contributed by atoms with van der Waals surface area (Å²) in [5.74, 6) is -1.93. The summed E-state index contributed by atoms with van der Waals surface area (Å²) in [7, 11) is 0. The number of aliphatic hydroxyl groups is 2. The Bertz CT molecular complexity index is 1150. The van der Waals surface area contributed by atoms with Crippen LogP contribution >= 0.6 is 0 Å². The Balaban J connectivity index is 1.52. The number of fused-ring (bicyclic) bond motifs is 5. The van der Waals surface area contributed by atoms with Crippen LogP contribution in [0.4, 0.5) is 0 Å². The van der Waals surface area contributed by atoms with E-state index >= 15 is 0 Å². The van der Waals surface area contributed by atoms with Gasteiger partial charge in [0.25, 0.3) is 0 Å². The maximum absolute atomic E-state index is 14.3. The summed E-state index contributed by atoms with van der Waals surface area (Å²) in [6.45, 7) is 14.0. The SMILES string of the molecule is C[C@@H]1C[C@]2(C[C@@H](C)[C@]3(C[C@H](O)[C@@]4(C)C5=C(C(=O)C[C@]34C)[C@@]3(C)CC[C@H](O)C(C)(C)[C@@H]3CC5=O)O2)OC1=O. The first-order chi connectivity index (χ1) is 17.0. The minimum absolute atomic E-state index is 0.0373. The highest BCUT2D eigenvalue weighted by molar-refractivity contribution is 6.11. The fourth-order valence-corrected chi connectivity index (χ4v) is 10.3. The molecule has 7 heteroatoms. The minimum atomic E-state index is -1.04. The predicted octanol–water partition coefficient (Wildman–Crippen LogP) is 3.88. The summed E-state index contributed by atoms with van der Waals surface area (Å²) in [6.07, 6.45) is 1.49. The van der Waals surface area contributed by atoms with Crippen molar-refractivity contribution in [2.75, 3.05) is 0 Å². The number of carbonyl (C=O) groups is 3. The molecule has 2 N–H and O–H groups in total. The molecule has 0 unspecified atom stereocenters. The van der Waals surface area contributed by atoms with Crippen molar-refractivity contribution in [3.8, 4) is 0 Å². The number of hydrogen-bond acceptors (Lipinski definition) is 7. The highest BCUT2D eigenvalue weighted by atomic mass is 16.7. The summed E-state index contributed by atoms with van der Waals surface area (Å²) in [5.41, 5.74) is -2.69. The van der Waals surface area contributed by atoms with E-state index in [0.29, 0.717) is 36.8 Å². The Labute approximate surface area is 219 Å². The second kappa shape index (κ2) is 7.14. The van der Waals surface area contributed by atoms with Gasteiger partial charge < -0.3 is 19.7 Å². The summed E-state index contributed by atoms with van der Waals surface area (Å²) >= 11 is 0. The van der Waals surface area contributed by atoms with Crippen LogP contribution in [-0.2, 0) is 23.9 Å². The molecular weight excluding hydrogens is 472 g/mol. The van der Waals surface area contributed by atoms with E-state index in [1.54, 1.807) is 0 Å². The molecular formula is C30H42O7. The Morgan fingerprint density at radius 1 is 0.865 bits per heavy atom. The molecule has 0 amide bonds. The first kappa shape index (κ1) is 25.7. The van der Waals surface area contributed by atoms with E-state index < -0.39 is 45.3 Å². The molecule has 2 heterocycles. The third kappa shape index (κ3) is 2.72. The first-order valence-electron chi connectivity index (χ1n) is 14.1. The smallest absolute Gasteiger partial charge is 0.311 e. The van der Waals surface area contributed by atoms with Gasteiger partial charge in [-0.05, 0) is 30.1 Å². The Morgan fingerprint density at radius 2 is 1.54 bits per heavy atom. The number of Topliss-reactive ketones (excluding diaryl/α,β-unsaturated/α-hetero) is 2. The molecule has 6 rings (SSSR count). The van der Waals surface area contributed by atoms with Crippen molar-refractivity contribution in [1.29, 1.82) is 0 Å². The fourth-order valence-electron chi connectivity index (χ4n) is 10.3. The van der Waals surface area contributed by atoms with Crippen LogP contribution in [0.5, 0.6) is 0 Å². The number of hydrogen-bond donors (Lipinski definition) is 2. The molecule has 37 heavy (non-hydrogen) atoms. The molecule has 4 aliphatic carbocycles. The zero-order valence-electron chi connectivity index (χ0n) is 23.3. The lowest BCUT2D eigenvalue weighted by atomic mass is 9.42. The number of ketones is 2. The molecule has 0 radical (unpaired) electrons. The van der Waals surface area contributed by atoms with Crippen molar-refractivity contribution in [2.45, 2.75) is 117 Å². The van der Waals surface area contributed by atoms with E-state index in [-0.39, 0.29) is 54.6 Å². The largest absolute Gasteiger partial charge is 0.433 e. The predicted molar refractivity (Wildman–Crippen MR) is 134 cm³/mol. The van der Waals surface area contributed by atoms with Crippen LogP contribution in [0, 0.1) is 39.4 Å². The van der Waals surface area contributed by atoms with Crippen molar-refractivity contribution in [3.63, 3.8) is 0 Å². The lowest BCUT2D eigenvalue weighted by Gasteiger charge is -2.61. The minimum Gasteiger partial charge on any atom is -0.433 e. The first-order valence-corrected chi connectivity index (χ1v) is 14.1. The second-order valence-corrected chi connectivity index (χ2v) is 14.6. The average Bonchev–Trinajstić information content (AvgIpc) is 3.28. The normalized spacial score (nSPS) is 54.5. The summed E-state index contributed by atoms with van der Waals surface area (Å²) in [6, 6.07) is 0. The van der Waals surface area contributed by atoms with Crippen LogP contribution in [0.1, 0.15) is 93.4 Å². The number of allylic oxidation sites excluding steroid dienone is 1. The molecule has 2 saturated heterocycles. The van der Waals surface area contributed by atoms with Gasteiger partial charge in [0.05, 0.1) is 23.7 Å². The lowest BCUT2D eigenvalue weighted by molar-refractivity contribution is -0.254. The molecule has 2 spiro atoms. The van der Waals surface area contributed by atoms with Gasteiger partial charge in [-0.1, -0.05) is 48.5 Å². The zero-order chi connectivity index (χ0) is 27.1. The highest BCUT2D eigenvalue weighted by Crippen LogP contribution is 2.75. The summed E-state index contributed by atoms with van der Waals surface area (Å²) in [5, 5.41) is 22.7. The van der Waals surface area contributed by atoms with Crippen LogP contribution in [0.3, 0.4) is 0 Å². The quantitative estimate of drug-likeness (QED) is 0.472. The van der Waals surface area contributed by atoms with Crippen LogP contribution in [0.25, 0.3) is 0 Å². The van der Waals surface area contributed by atoms with E-state index in [1.807, 2.05) is 34.6 Å². The molecule has 204 valence electrons. The van der Waals surface area contributed by atoms with E-state index in [0.717, 1.165) is 0 Å². The van der Waals surface area contributed by atoms with Gasteiger partial charge in [0, 0.05) is 59.5 Å². The number of esters is 1. The van der Waals surface area contributed by atoms with Crippen LogP contribution in [-0.4, -0.2) is 51.3 Å². The standard InChI is InChI=1S/C30H42O7/c1-15-11-29(36-24(15)35)12-16(2)30(37-29)14-21(34)28(7)23-17(31)10-19-25(3,4)20(33)8-9-26(19,5)22(23)18(32)13-27(28,30)6/h15-16,19-21,33-34H,8-14H2,1-7H3/t15-,16-,19+,20+,21+,26+,27+,28+,29+,30+/m1/s1. The van der Waals surface area contributed by atoms with Gasteiger partial charge in [0.1, 0.15) is 0 Å². The average molecular weight is 515 g/mol. The number of carbonyl (C=O) groups excluding carboxylic acids is 3. The Morgan fingerprint density at radius 3 is 2.16 bits per heavy atom. The molecule has 7 nitrogen and oxygen atoms in total. The summed E-state index contributed by atoms with van der Waals surface area (Å²) in [4.78, 5) is 40.8. The molecule has 0 aromatic carbocycles. The molecule has 4 fully saturated rings. The Kier molecular flexibility index (Phi) is 4.96.